The van der Waals surface area contributed by atoms with E-state index >= 15 is 0 Å². The summed E-state index contributed by atoms with van der Waals surface area (Å²) in [5.74, 6) is -2.19. The predicted octanol–water partition coefficient (Wildman–Crippen LogP) is 4.41. The highest BCUT2D eigenvalue weighted by Crippen LogP contribution is 2.30. The molecule has 8 nitrogen and oxygen atoms in total. The number of piperidine rings is 1. The normalized spacial score (nSPS) is 17.6. The third-order valence-corrected chi connectivity index (χ3v) is 6.07. The average molecular weight is 482 g/mol. The van der Waals surface area contributed by atoms with Crippen molar-refractivity contribution in [1.29, 1.82) is 5.41 Å². The molecule has 0 atom stereocenters. The smallest absolute Gasteiger partial charge is 0.255 e. The third-order valence-electron chi connectivity index (χ3n) is 6.07. The Morgan fingerprint density at radius 2 is 1.86 bits per heavy atom. The second-order valence-corrected chi connectivity index (χ2v) is 8.56. The molecule has 1 aliphatic carbocycles. The van der Waals surface area contributed by atoms with E-state index in [1.807, 2.05) is 24.5 Å². The first kappa shape index (κ1) is 24.4. The van der Waals surface area contributed by atoms with Crippen LogP contribution in [0.15, 0.2) is 48.0 Å². The Labute approximate surface area is 202 Å². The van der Waals surface area contributed by atoms with Gasteiger partial charge in [0.15, 0.2) is 5.84 Å². The van der Waals surface area contributed by atoms with Gasteiger partial charge in [-0.1, -0.05) is 13.8 Å². The fraction of sp³-hybridized carbons (Fsp3) is 0.400. The van der Waals surface area contributed by atoms with Gasteiger partial charge in [-0.05, 0) is 31.0 Å². The second kappa shape index (κ2) is 9.89. The molecule has 0 spiro atoms. The number of rotatable bonds is 4. The number of amidine groups is 2. The Balaban J connectivity index is 0.00000141. The van der Waals surface area contributed by atoms with E-state index in [1.165, 1.54) is 11.1 Å². The number of pyridine rings is 2. The summed E-state index contributed by atoms with van der Waals surface area (Å²) in [5, 5.41) is 8.98. The first-order chi connectivity index (χ1) is 16.8. The number of hydrogen-bond donors (Lipinski definition) is 2. The molecule has 3 aromatic rings. The lowest BCUT2D eigenvalue weighted by molar-refractivity contribution is -0.0494. The van der Waals surface area contributed by atoms with E-state index in [9.17, 15) is 13.6 Å². The van der Waals surface area contributed by atoms with Gasteiger partial charge in [-0.15, -0.1) is 0 Å². The molecule has 184 valence electrons. The van der Waals surface area contributed by atoms with Crippen molar-refractivity contribution >= 4 is 28.6 Å². The number of hydrogen-bond acceptors (Lipinski definition) is 4. The van der Waals surface area contributed by atoms with E-state index in [2.05, 4.69) is 15.0 Å². The molecule has 4 heterocycles. The summed E-state index contributed by atoms with van der Waals surface area (Å²) in [7, 11) is 0. The lowest BCUT2D eigenvalue weighted by Gasteiger charge is -2.31. The van der Waals surface area contributed by atoms with Gasteiger partial charge >= 0.3 is 0 Å². The average Bonchev–Trinajstić information content (AvgIpc) is 3.64. The van der Waals surface area contributed by atoms with E-state index in [4.69, 9.17) is 11.1 Å². The summed E-state index contributed by atoms with van der Waals surface area (Å²) in [5.41, 5.74) is 8.14. The van der Waals surface area contributed by atoms with Gasteiger partial charge in [0.25, 0.3) is 11.8 Å². The highest BCUT2D eigenvalue weighted by molar-refractivity contribution is 6.05. The van der Waals surface area contributed by atoms with Gasteiger partial charge in [0.1, 0.15) is 11.5 Å². The number of carbonyl (C=O) groups excluding carboxylic acids is 1. The molecule has 2 aliphatic rings. The zero-order chi connectivity index (χ0) is 25.2. The molecule has 0 radical (unpaired) electrons. The lowest BCUT2D eigenvalue weighted by atomic mass is 10.1. The van der Waals surface area contributed by atoms with Crippen LogP contribution in [-0.4, -0.2) is 56.0 Å². The number of nitrogens with zero attached hydrogens (tertiary/aromatic N) is 5. The lowest BCUT2D eigenvalue weighted by Crippen LogP contribution is -2.42. The number of fused-ring (bicyclic) bond motifs is 1. The number of likely N-dealkylation sites (tertiary alicyclic amines) is 1. The maximum absolute atomic E-state index is 13.4. The Morgan fingerprint density at radius 3 is 2.54 bits per heavy atom. The third kappa shape index (κ3) is 5.36. The van der Waals surface area contributed by atoms with Crippen molar-refractivity contribution in [1.82, 2.24) is 19.4 Å². The van der Waals surface area contributed by atoms with E-state index in [-0.39, 0.29) is 43.6 Å². The van der Waals surface area contributed by atoms with Crippen molar-refractivity contribution in [3.8, 4) is 5.69 Å². The van der Waals surface area contributed by atoms with Gasteiger partial charge in [-0.2, -0.15) is 0 Å². The summed E-state index contributed by atoms with van der Waals surface area (Å²) >= 11 is 0. The summed E-state index contributed by atoms with van der Waals surface area (Å²) < 4.78 is 28.6. The summed E-state index contributed by atoms with van der Waals surface area (Å²) in [4.78, 5) is 27.1. The SMILES string of the molecule is CC.N=C(N=C(N)C1CC1)c1cncc(-n2ccc3cc(C(=O)N4CCC(F)(F)CC4)cnc32)c1. The number of aromatic nitrogens is 3. The van der Waals surface area contributed by atoms with Crippen LogP contribution in [0, 0.1) is 11.3 Å². The molecule has 1 saturated carbocycles. The monoisotopic (exact) mass is 481 g/mol. The van der Waals surface area contributed by atoms with Crippen LogP contribution in [0.3, 0.4) is 0 Å². The van der Waals surface area contributed by atoms with Crippen molar-refractivity contribution in [3.05, 3.63) is 54.1 Å². The molecule has 3 aromatic heterocycles. The summed E-state index contributed by atoms with van der Waals surface area (Å²) in [6, 6.07) is 5.33. The van der Waals surface area contributed by atoms with E-state index < -0.39 is 5.92 Å². The summed E-state index contributed by atoms with van der Waals surface area (Å²) in [6.45, 7) is 4.06. The molecular weight excluding hydrogens is 452 g/mol. The predicted molar refractivity (Wildman–Crippen MR) is 131 cm³/mol. The fourth-order valence-corrected chi connectivity index (χ4v) is 3.92. The van der Waals surface area contributed by atoms with Crippen molar-refractivity contribution in [2.24, 2.45) is 16.6 Å². The first-order valence-electron chi connectivity index (χ1n) is 11.8. The van der Waals surface area contributed by atoms with Crippen LogP contribution in [0.25, 0.3) is 16.7 Å². The Morgan fingerprint density at radius 1 is 1.14 bits per heavy atom. The first-order valence-corrected chi connectivity index (χ1v) is 11.8. The van der Waals surface area contributed by atoms with Gasteiger partial charge < -0.3 is 10.6 Å². The van der Waals surface area contributed by atoms with Crippen LogP contribution in [0.1, 0.15) is 55.5 Å². The van der Waals surface area contributed by atoms with E-state index in [0.717, 1.165) is 18.2 Å². The molecule has 35 heavy (non-hydrogen) atoms. The minimum atomic E-state index is -2.70. The van der Waals surface area contributed by atoms with Crippen molar-refractivity contribution in [3.63, 3.8) is 0 Å². The van der Waals surface area contributed by atoms with Crippen LogP contribution in [0.5, 0.6) is 0 Å². The number of nitrogens with one attached hydrogen (secondary N) is 1. The van der Waals surface area contributed by atoms with Crippen LogP contribution in [0.2, 0.25) is 0 Å². The number of aliphatic imine (C=N–C) groups is 1. The minimum absolute atomic E-state index is 0.0308. The molecule has 0 unspecified atom stereocenters. The number of alkyl halides is 2. The molecule has 3 N–H and O–H groups in total. The van der Waals surface area contributed by atoms with E-state index in [1.54, 1.807) is 30.7 Å². The largest absolute Gasteiger partial charge is 0.387 e. The quantitative estimate of drug-likeness (QED) is 0.424. The van der Waals surface area contributed by atoms with Crippen LogP contribution in [0.4, 0.5) is 8.78 Å². The number of amides is 1. The number of nitrogens with two attached hydrogens (primary N) is 1. The van der Waals surface area contributed by atoms with Crippen molar-refractivity contribution in [2.45, 2.75) is 45.5 Å². The van der Waals surface area contributed by atoms with E-state index in [0.29, 0.717) is 28.3 Å². The Bertz CT molecular complexity index is 1270. The molecule has 2 fully saturated rings. The fourth-order valence-electron chi connectivity index (χ4n) is 3.92. The molecule has 1 amide bonds. The van der Waals surface area contributed by atoms with Gasteiger partial charge in [0, 0.05) is 61.4 Å². The topological polar surface area (TPSA) is 113 Å². The van der Waals surface area contributed by atoms with Crippen LogP contribution < -0.4 is 5.73 Å². The second-order valence-electron chi connectivity index (χ2n) is 8.56. The number of carbonyl (C=O) groups is 1. The van der Waals surface area contributed by atoms with Crippen LogP contribution >= 0.6 is 0 Å². The zero-order valence-electron chi connectivity index (χ0n) is 19.8. The molecule has 5 rings (SSSR count). The molecular formula is C25H29F2N7O. The van der Waals surface area contributed by atoms with Gasteiger partial charge in [0.2, 0.25) is 0 Å². The van der Waals surface area contributed by atoms with Crippen LogP contribution in [-0.2, 0) is 0 Å². The highest BCUT2D eigenvalue weighted by Gasteiger charge is 2.36. The van der Waals surface area contributed by atoms with Crippen molar-refractivity contribution < 1.29 is 13.6 Å². The highest BCUT2D eigenvalue weighted by atomic mass is 19.3. The van der Waals surface area contributed by atoms with Crippen molar-refractivity contribution in [2.75, 3.05) is 13.1 Å². The minimum Gasteiger partial charge on any atom is -0.387 e. The zero-order valence-corrected chi connectivity index (χ0v) is 19.8. The molecule has 1 aliphatic heterocycles. The summed E-state index contributed by atoms with van der Waals surface area (Å²) in [6.07, 6.45) is 7.87. The Hall–Kier alpha value is -3.69. The molecule has 1 saturated heterocycles. The number of halogens is 2. The molecule has 0 aromatic carbocycles. The van der Waals surface area contributed by atoms with Gasteiger partial charge in [0.05, 0.1) is 17.4 Å². The molecule has 10 heteroatoms. The molecule has 0 bridgehead atoms. The van der Waals surface area contributed by atoms with Gasteiger partial charge in [-0.25, -0.2) is 18.8 Å². The van der Waals surface area contributed by atoms with Gasteiger partial charge in [-0.3, -0.25) is 19.8 Å². The standard InChI is InChI=1S/C23H23F2N7O.C2H6/c24-23(25)4-7-31(8-5-23)22(33)17-9-15-3-6-32(21(15)29-12-17)18-10-16(11-28-13-18)20(27)30-19(26)14-1-2-14;1-2/h3,6,9-14H,1-2,4-5,7-8H2,(H3,26,27,30);1-2H3. The Kier molecular flexibility index (Phi) is 6.90. The maximum atomic E-state index is 13.4. The maximum Gasteiger partial charge on any atom is 0.255 e.